The summed E-state index contributed by atoms with van der Waals surface area (Å²) in [6, 6.07) is 71.4. The fourth-order valence-corrected chi connectivity index (χ4v) is 8.90. The van der Waals surface area contributed by atoms with Gasteiger partial charge in [-0.1, -0.05) is 200 Å². The van der Waals surface area contributed by atoms with E-state index in [1.807, 2.05) is 0 Å². The van der Waals surface area contributed by atoms with Gasteiger partial charge in [0.05, 0.1) is 0 Å². The van der Waals surface area contributed by atoms with Gasteiger partial charge in [-0.25, -0.2) is 0 Å². The van der Waals surface area contributed by atoms with Gasteiger partial charge in [-0.05, 0) is 116 Å². The van der Waals surface area contributed by atoms with Crippen molar-refractivity contribution >= 4 is 55.2 Å². The summed E-state index contributed by atoms with van der Waals surface area (Å²) >= 11 is 0. The molecule has 0 heterocycles. The highest BCUT2D eigenvalue weighted by Gasteiger charge is 2.23. The summed E-state index contributed by atoms with van der Waals surface area (Å²) in [5.74, 6) is 0. The van der Waals surface area contributed by atoms with E-state index in [2.05, 4.69) is 206 Å². The van der Waals surface area contributed by atoms with Gasteiger partial charge in [0.1, 0.15) is 0 Å². The van der Waals surface area contributed by atoms with E-state index >= 15 is 0 Å². The number of benzene rings is 10. The van der Waals surface area contributed by atoms with Crippen LogP contribution >= 0.6 is 0 Å². The van der Waals surface area contributed by atoms with Crippen LogP contribution in [0, 0.1) is 0 Å². The lowest BCUT2D eigenvalue weighted by atomic mass is 9.85. The summed E-state index contributed by atoms with van der Waals surface area (Å²) < 4.78 is 0. The summed E-state index contributed by atoms with van der Waals surface area (Å²) in [4.78, 5) is 0. The second-order valence-corrected chi connectivity index (χ2v) is 14.4. The van der Waals surface area contributed by atoms with Gasteiger partial charge in [-0.15, -0.1) is 0 Å². The molecule has 0 nitrogen and oxygen atoms in total. The van der Waals surface area contributed by atoms with Gasteiger partial charge in [0, 0.05) is 0 Å². The van der Waals surface area contributed by atoms with E-state index < -0.39 is 0 Å². The van der Waals surface area contributed by atoms with Gasteiger partial charge in [0.15, 0.2) is 0 Å². The van der Waals surface area contributed by atoms with Crippen molar-refractivity contribution in [2.24, 2.45) is 0 Å². The lowest BCUT2D eigenvalue weighted by molar-refractivity contribution is 1.62. The van der Waals surface area contributed by atoms with E-state index in [1.165, 1.54) is 110 Å². The Kier molecular flexibility index (Phi) is 6.97. The number of hydrogen-bond acceptors (Lipinski definition) is 0. The maximum absolute atomic E-state index is 2.43. The van der Waals surface area contributed by atoms with Crippen molar-refractivity contribution in [1.82, 2.24) is 0 Å². The minimum absolute atomic E-state index is 1.18. The van der Waals surface area contributed by atoms with Gasteiger partial charge in [0.25, 0.3) is 0 Å². The molecule has 0 fully saturated rings. The third kappa shape index (κ3) is 4.85. The molecule has 0 saturated carbocycles. The standard InChI is InChI=1S/C54H34/c1-2-14-42-37(10-1)11-7-19-43(42)38-28-24-35(25-29-38)22-23-36-26-30-40(31-27-36)53-46-15-3-5-17-48(46)54(49-18-6-4-16-47(49)53)41-32-33-44-45-20-8-12-39-13-9-21-50(52(39)45)51(44)34-41/h1-34H/b23-22+. The average molecular weight is 683 g/mol. The van der Waals surface area contributed by atoms with Crippen molar-refractivity contribution in [3.63, 3.8) is 0 Å². The monoisotopic (exact) mass is 682 g/mol. The van der Waals surface area contributed by atoms with Gasteiger partial charge < -0.3 is 0 Å². The fourth-order valence-electron chi connectivity index (χ4n) is 8.90. The molecule has 0 heteroatoms. The minimum Gasteiger partial charge on any atom is -0.0616 e. The Morgan fingerprint density at radius 3 is 1.31 bits per heavy atom. The van der Waals surface area contributed by atoms with Crippen LogP contribution in [0.3, 0.4) is 0 Å². The molecule has 0 atom stereocenters. The summed E-state index contributed by atoms with van der Waals surface area (Å²) in [5.41, 5.74) is 15.2. The quantitative estimate of drug-likeness (QED) is 0.125. The van der Waals surface area contributed by atoms with Crippen LogP contribution < -0.4 is 0 Å². The van der Waals surface area contributed by atoms with Crippen molar-refractivity contribution in [2.45, 2.75) is 0 Å². The number of fused-ring (bicyclic) bond motifs is 6. The van der Waals surface area contributed by atoms with Crippen LogP contribution in [-0.4, -0.2) is 0 Å². The zero-order valence-electron chi connectivity index (χ0n) is 29.6. The Morgan fingerprint density at radius 1 is 0.259 bits per heavy atom. The molecule has 0 spiro atoms. The van der Waals surface area contributed by atoms with Crippen molar-refractivity contribution in [3.8, 4) is 55.6 Å². The van der Waals surface area contributed by atoms with E-state index in [0.29, 0.717) is 0 Å². The molecule has 0 N–H and O–H groups in total. The topological polar surface area (TPSA) is 0 Å². The minimum atomic E-state index is 1.18. The first-order valence-corrected chi connectivity index (χ1v) is 18.8. The van der Waals surface area contributed by atoms with Crippen LogP contribution in [-0.2, 0) is 0 Å². The third-order valence-corrected chi connectivity index (χ3v) is 11.4. The average Bonchev–Trinajstić information content (AvgIpc) is 3.56. The van der Waals surface area contributed by atoms with Crippen molar-refractivity contribution in [1.29, 1.82) is 0 Å². The Labute approximate surface area is 314 Å². The van der Waals surface area contributed by atoms with Gasteiger partial charge in [-0.3, -0.25) is 0 Å². The largest absolute Gasteiger partial charge is 0.0616 e. The predicted octanol–water partition coefficient (Wildman–Crippen LogP) is 15.1. The smallest absolute Gasteiger partial charge is 0.00261 e. The predicted molar refractivity (Wildman–Crippen MR) is 233 cm³/mol. The van der Waals surface area contributed by atoms with Crippen LogP contribution in [0.15, 0.2) is 194 Å². The first kappa shape index (κ1) is 30.6. The number of rotatable bonds is 5. The highest BCUT2D eigenvalue weighted by atomic mass is 14.3. The van der Waals surface area contributed by atoms with Gasteiger partial charge in [-0.2, -0.15) is 0 Å². The molecule has 0 aromatic heterocycles. The van der Waals surface area contributed by atoms with E-state index in [0.717, 1.165) is 0 Å². The molecule has 0 radical (unpaired) electrons. The number of hydrogen-bond donors (Lipinski definition) is 0. The lowest BCUT2D eigenvalue weighted by Crippen LogP contribution is -1.91. The van der Waals surface area contributed by atoms with Crippen molar-refractivity contribution in [3.05, 3.63) is 205 Å². The van der Waals surface area contributed by atoms with E-state index in [9.17, 15) is 0 Å². The third-order valence-electron chi connectivity index (χ3n) is 11.4. The Bertz CT molecular complexity index is 3060. The molecule has 250 valence electrons. The van der Waals surface area contributed by atoms with Crippen molar-refractivity contribution in [2.75, 3.05) is 0 Å². The first-order chi connectivity index (χ1) is 26.8. The van der Waals surface area contributed by atoms with Crippen LogP contribution in [0.25, 0.3) is 111 Å². The molecule has 1 aliphatic carbocycles. The van der Waals surface area contributed by atoms with Gasteiger partial charge in [0.2, 0.25) is 0 Å². The van der Waals surface area contributed by atoms with Crippen LogP contribution in [0.5, 0.6) is 0 Å². The Morgan fingerprint density at radius 2 is 0.704 bits per heavy atom. The molecule has 54 heavy (non-hydrogen) atoms. The summed E-state index contributed by atoms with van der Waals surface area (Å²) in [6.07, 6.45) is 4.42. The highest BCUT2D eigenvalue weighted by molar-refractivity contribution is 6.22. The first-order valence-electron chi connectivity index (χ1n) is 18.8. The molecule has 0 unspecified atom stereocenters. The molecular formula is C54H34. The van der Waals surface area contributed by atoms with E-state index in [4.69, 9.17) is 0 Å². The van der Waals surface area contributed by atoms with E-state index in [1.54, 1.807) is 0 Å². The summed E-state index contributed by atoms with van der Waals surface area (Å²) in [6.45, 7) is 0. The maximum atomic E-state index is 2.43. The van der Waals surface area contributed by atoms with Crippen molar-refractivity contribution < 1.29 is 0 Å². The fraction of sp³-hybridized carbons (Fsp3) is 0. The summed E-state index contributed by atoms with van der Waals surface area (Å²) in [7, 11) is 0. The molecule has 0 amide bonds. The lowest BCUT2D eigenvalue weighted by Gasteiger charge is -2.18. The van der Waals surface area contributed by atoms with E-state index in [-0.39, 0.29) is 0 Å². The zero-order chi connectivity index (χ0) is 35.6. The molecule has 1 aliphatic rings. The highest BCUT2D eigenvalue weighted by Crippen LogP contribution is 2.50. The molecular weight excluding hydrogens is 649 g/mol. The molecule has 0 bridgehead atoms. The molecule has 10 aromatic rings. The molecule has 11 rings (SSSR count). The zero-order valence-corrected chi connectivity index (χ0v) is 29.6. The Hall–Kier alpha value is -7.02. The van der Waals surface area contributed by atoms with Crippen LogP contribution in [0.1, 0.15) is 11.1 Å². The molecule has 10 aromatic carbocycles. The normalized spacial score (nSPS) is 12.0. The Balaban J connectivity index is 0.958. The SMILES string of the molecule is C(=C\c1ccc(-c2c3ccccc3c(-c3ccc4c(c3)-c3cccc5cccc-4c35)c3ccccc23)cc1)/c1ccc(-c2cccc3ccccc23)cc1. The molecule has 0 saturated heterocycles. The van der Waals surface area contributed by atoms with Crippen LogP contribution in [0.2, 0.25) is 0 Å². The maximum Gasteiger partial charge on any atom is -0.00261 e. The molecule has 0 aliphatic heterocycles. The summed E-state index contributed by atoms with van der Waals surface area (Å²) in [5, 5.41) is 10.3. The van der Waals surface area contributed by atoms with Crippen LogP contribution in [0.4, 0.5) is 0 Å². The second kappa shape index (κ2) is 12.3. The second-order valence-electron chi connectivity index (χ2n) is 14.4. The van der Waals surface area contributed by atoms with Gasteiger partial charge >= 0.3 is 0 Å².